The Bertz CT molecular complexity index is 1160. The lowest BCUT2D eigenvalue weighted by Gasteiger charge is -2.25. The first-order valence-electron chi connectivity index (χ1n) is 9.51. The highest BCUT2D eigenvalue weighted by molar-refractivity contribution is 7.92. The topological polar surface area (TPSA) is 88.1 Å². The molecule has 0 saturated heterocycles. The quantitative estimate of drug-likeness (QED) is 0.432. The Hall–Kier alpha value is -3.65. The van der Waals surface area contributed by atoms with Crippen molar-refractivity contribution in [3.63, 3.8) is 0 Å². The zero-order valence-electron chi connectivity index (χ0n) is 17.2. The summed E-state index contributed by atoms with van der Waals surface area (Å²) in [7, 11) is -2.37. The summed E-state index contributed by atoms with van der Waals surface area (Å²) in [5.41, 5.74) is 4.32. The van der Waals surface area contributed by atoms with Crippen molar-refractivity contribution in [3.05, 3.63) is 90.0 Å². The molecule has 0 spiro atoms. The number of aryl methyl sites for hydroxylation is 1. The Morgan fingerprint density at radius 3 is 2.29 bits per heavy atom. The molecule has 3 rings (SSSR count). The highest BCUT2D eigenvalue weighted by atomic mass is 32.2. The number of amides is 1. The van der Waals surface area contributed by atoms with Crippen molar-refractivity contribution in [1.29, 1.82) is 0 Å². The minimum absolute atomic E-state index is 0.104. The van der Waals surface area contributed by atoms with Crippen LogP contribution >= 0.6 is 0 Å². The molecular formula is C23H23N3O4S. The Morgan fingerprint density at radius 2 is 1.65 bits per heavy atom. The predicted octanol–water partition coefficient (Wildman–Crippen LogP) is 3.35. The van der Waals surface area contributed by atoms with Crippen LogP contribution in [-0.2, 0) is 14.8 Å². The Labute approximate surface area is 182 Å². The summed E-state index contributed by atoms with van der Waals surface area (Å²) in [6.07, 6.45) is 1.47. The average Bonchev–Trinajstić information content (AvgIpc) is 2.79. The maximum Gasteiger partial charge on any atom is 0.264 e. The van der Waals surface area contributed by atoms with E-state index in [-0.39, 0.29) is 4.90 Å². The third-order valence-electron chi connectivity index (χ3n) is 4.52. The number of methoxy groups -OCH3 is 1. The molecule has 0 bridgehead atoms. The first-order chi connectivity index (χ1) is 14.9. The van der Waals surface area contributed by atoms with Crippen molar-refractivity contribution >= 4 is 27.8 Å². The minimum atomic E-state index is -3.95. The molecule has 8 heteroatoms. The van der Waals surface area contributed by atoms with Gasteiger partial charge in [-0.2, -0.15) is 5.10 Å². The van der Waals surface area contributed by atoms with Gasteiger partial charge in [0.05, 0.1) is 23.9 Å². The van der Waals surface area contributed by atoms with Crippen LogP contribution in [0.25, 0.3) is 0 Å². The van der Waals surface area contributed by atoms with E-state index < -0.39 is 22.5 Å². The van der Waals surface area contributed by atoms with Crippen LogP contribution in [0.3, 0.4) is 0 Å². The lowest BCUT2D eigenvalue weighted by Crippen LogP contribution is -2.40. The van der Waals surface area contributed by atoms with Crippen LogP contribution in [0, 0.1) is 6.92 Å². The van der Waals surface area contributed by atoms with E-state index in [4.69, 9.17) is 4.74 Å². The molecule has 1 amide bonds. The highest BCUT2D eigenvalue weighted by Crippen LogP contribution is 2.26. The number of carbonyl (C=O) groups is 1. The molecule has 7 nitrogen and oxygen atoms in total. The number of sulfonamides is 1. The first kappa shape index (κ1) is 22.0. The third kappa shape index (κ3) is 5.49. The molecule has 3 aromatic rings. The standard InChI is InChI=1S/C23H23N3O4S/c1-18-8-6-7-11-22(18)26(31(28,29)21-9-4-3-5-10-21)17-23(27)25-24-16-19-12-14-20(30-2)15-13-19/h3-16H,17H2,1-2H3,(H,25,27)/b24-16-. The lowest BCUT2D eigenvalue weighted by molar-refractivity contribution is -0.119. The van der Waals surface area contributed by atoms with Crippen LogP contribution < -0.4 is 14.5 Å². The summed E-state index contributed by atoms with van der Waals surface area (Å²) >= 11 is 0. The Kier molecular flexibility index (Phi) is 7.04. The number of anilines is 1. The maximum atomic E-state index is 13.3. The number of nitrogens with zero attached hydrogens (tertiary/aromatic N) is 2. The smallest absolute Gasteiger partial charge is 0.264 e. The fourth-order valence-electron chi connectivity index (χ4n) is 2.90. The van der Waals surface area contributed by atoms with Gasteiger partial charge < -0.3 is 4.74 Å². The second kappa shape index (κ2) is 9.90. The summed E-state index contributed by atoms with van der Waals surface area (Å²) in [6, 6.07) is 22.1. The zero-order chi connectivity index (χ0) is 22.3. The van der Waals surface area contributed by atoms with Crippen LogP contribution in [0.15, 0.2) is 88.9 Å². The molecule has 0 atom stereocenters. The summed E-state index contributed by atoms with van der Waals surface area (Å²) in [6.45, 7) is 1.38. The summed E-state index contributed by atoms with van der Waals surface area (Å²) in [4.78, 5) is 12.7. The average molecular weight is 438 g/mol. The maximum absolute atomic E-state index is 13.3. The fourth-order valence-corrected chi connectivity index (χ4v) is 4.40. The molecule has 31 heavy (non-hydrogen) atoms. The normalized spacial score (nSPS) is 11.3. The van der Waals surface area contributed by atoms with E-state index in [0.29, 0.717) is 11.4 Å². The van der Waals surface area contributed by atoms with Crippen LogP contribution in [-0.4, -0.2) is 34.2 Å². The molecule has 0 unspecified atom stereocenters. The number of hydrogen-bond donors (Lipinski definition) is 1. The van der Waals surface area contributed by atoms with Gasteiger partial charge in [0.15, 0.2) is 0 Å². The van der Waals surface area contributed by atoms with Crippen LogP contribution in [0.2, 0.25) is 0 Å². The van der Waals surface area contributed by atoms with Gasteiger partial charge >= 0.3 is 0 Å². The molecule has 1 N–H and O–H groups in total. The van der Waals surface area contributed by atoms with Gasteiger partial charge in [-0.25, -0.2) is 13.8 Å². The SMILES string of the molecule is COc1ccc(/C=N\NC(=O)CN(c2ccccc2C)S(=O)(=O)c2ccccc2)cc1. The molecule has 3 aromatic carbocycles. The van der Waals surface area contributed by atoms with Crippen molar-refractivity contribution < 1.29 is 17.9 Å². The zero-order valence-corrected chi connectivity index (χ0v) is 18.0. The van der Waals surface area contributed by atoms with Crippen molar-refractivity contribution in [2.45, 2.75) is 11.8 Å². The highest BCUT2D eigenvalue weighted by Gasteiger charge is 2.27. The van der Waals surface area contributed by atoms with Crippen molar-refractivity contribution in [2.24, 2.45) is 5.10 Å². The van der Waals surface area contributed by atoms with Gasteiger partial charge in [-0.15, -0.1) is 0 Å². The van der Waals surface area contributed by atoms with Crippen LogP contribution in [0.4, 0.5) is 5.69 Å². The van der Waals surface area contributed by atoms with Crippen LogP contribution in [0.5, 0.6) is 5.75 Å². The predicted molar refractivity (Wildman–Crippen MR) is 121 cm³/mol. The number of para-hydroxylation sites is 1. The van der Waals surface area contributed by atoms with Gasteiger partial charge in [-0.1, -0.05) is 36.4 Å². The summed E-state index contributed by atoms with van der Waals surface area (Å²) in [5.74, 6) is 0.147. The second-order valence-electron chi connectivity index (χ2n) is 6.68. The van der Waals surface area contributed by atoms with E-state index in [1.807, 2.05) is 6.07 Å². The van der Waals surface area contributed by atoms with Crippen molar-refractivity contribution in [1.82, 2.24) is 5.43 Å². The van der Waals surface area contributed by atoms with E-state index in [9.17, 15) is 13.2 Å². The lowest BCUT2D eigenvalue weighted by atomic mass is 10.2. The monoisotopic (exact) mass is 437 g/mol. The van der Waals surface area contributed by atoms with E-state index in [2.05, 4.69) is 10.5 Å². The van der Waals surface area contributed by atoms with Gasteiger partial charge in [-0.05, 0) is 60.5 Å². The number of ether oxygens (including phenoxy) is 1. The van der Waals surface area contributed by atoms with E-state index in [0.717, 1.165) is 15.4 Å². The minimum Gasteiger partial charge on any atom is -0.497 e. The van der Waals surface area contributed by atoms with Gasteiger partial charge in [0.25, 0.3) is 15.9 Å². The number of hydrazone groups is 1. The molecule has 0 fully saturated rings. The summed E-state index contributed by atoms with van der Waals surface area (Å²) < 4.78 is 32.7. The molecular weight excluding hydrogens is 414 g/mol. The Balaban J connectivity index is 1.81. The van der Waals surface area contributed by atoms with Gasteiger partial charge in [-0.3, -0.25) is 9.10 Å². The van der Waals surface area contributed by atoms with E-state index in [1.165, 1.54) is 18.3 Å². The largest absolute Gasteiger partial charge is 0.497 e. The molecule has 0 saturated carbocycles. The Morgan fingerprint density at radius 1 is 1.00 bits per heavy atom. The number of nitrogens with one attached hydrogen (secondary N) is 1. The number of benzene rings is 3. The number of rotatable bonds is 8. The van der Waals surface area contributed by atoms with Gasteiger partial charge in [0.2, 0.25) is 0 Å². The van der Waals surface area contributed by atoms with Crippen LogP contribution in [0.1, 0.15) is 11.1 Å². The molecule has 0 aliphatic heterocycles. The molecule has 0 radical (unpaired) electrons. The fraction of sp³-hybridized carbons (Fsp3) is 0.130. The third-order valence-corrected chi connectivity index (χ3v) is 6.30. The van der Waals surface area contributed by atoms with E-state index >= 15 is 0 Å². The van der Waals surface area contributed by atoms with Crippen molar-refractivity contribution in [2.75, 3.05) is 18.0 Å². The molecule has 0 aromatic heterocycles. The first-order valence-corrected chi connectivity index (χ1v) is 10.9. The number of hydrogen-bond acceptors (Lipinski definition) is 5. The molecule has 0 aliphatic rings. The molecule has 0 aliphatic carbocycles. The van der Waals surface area contributed by atoms with Crippen molar-refractivity contribution in [3.8, 4) is 5.75 Å². The second-order valence-corrected chi connectivity index (χ2v) is 8.54. The van der Waals surface area contributed by atoms with Gasteiger partial charge in [0.1, 0.15) is 12.3 Å². The summed E-state index contributed by atoms with van der Waals surface area (Å²) in [5, 5.41) is 3.93. The van der Waals surface area contributed by atoms with Gasteiger partial charge in [0, 0.05) is 0 Å². The number of carbonyl (C=O) groups excluding carboxylic acids is 1. The molecule has 160 valence electrons. The van der Waals surface area contributed by atoms with E-state index in [1.54, 1.807) is 74.7 Å². The molecule has 0 heterocycles.